The Balaban J connectivity index is 1.91. The van der Waals surface area contributed by atoms with Gasteiger partial charge in [0.1, 0.15) is 0 Å². The first-order valence-electron chi connectivity index (χ1n) is 6.73. The molecule has 0 bridgehead atoms. The van der Waals surface area contributed by atoms with Gasteiger partial charge in [0.05, 0.1) is 18.4 Å². The highest BCUT2D eigenvalue weighted by atomic mass is 16.6. The van der Waals surface area contributed by atoms with Crippen LogP contribution < -0.4 is 9.47 Å². The Morgan fingerprint density at radius 1 is 1.05 bits per heavy atom. The Labute approximate surface area is 127 Å². The van der Waals surface area contributed by atoms with Crippen molar-refractivity contribution in [1.29, 1.82) is 0 Å². The van der Waals surface area contributed by atoms with Crippen LogP contribution in [0.3, 0.4) is 0 Å². The van der Waals surface area contributed by atoms with E-state index in [0.29, 0.717) is 17.1 Å². The average Bonchev–Trinajstić information content (AvgIpc) is 3.10. The second-order valence-electron chi connectivity index (χ2n) is 4.59. The zero-order valence-electron chi connectivity index (χ0n) is 11.9. The number of rotatable bonds is 4. The molecule has 0 atom stereocenters. The van der Waals surface area contributed by atoms with E-state index in [9.17, 15) is 4.79 Å². The van der Waals surface area contributed by atoms with E-state index in [0.717, 1.165) is 11.3 Å². The third kappa shape index (κ3) is 2.83. The number of ether oxygens (including phenoxy) is 2. The molecule has 0 saturated heterocycles. The molecule has 2 aromatic carbocycles. The lowest BCUT2D eigenvalue weighted by atomic mass is 10.1. The van der Waals surface area contributed by atoms with Gasteiger partial charge >= 0.3 is 5.97 Å². The number of hydrogen-bond donors (Lipinski definition) is 1. The lowest BCUT2D eigenvalue weighted by molar-refractivity contribution is 0.0730. The monoisotopic (exact) mass is 294 g/mol. The summed E-state index contributed by atoms with van der Waals surface area (Å²) in [4.78, 5) is 12.2. The van der Waals surface area contributed by atoms with Gasteiger partial charge < -0.3 is 9.47 Å². The van der Waals surface area contributed by atoms with E-state index < -0.39 is 5.97 Å². The number of carbonyl (C=O) groups excluding carboxylic acids is 1. The van der Waals surface area contributed by atoms with Crippen molar-refractivity contribution >= 4 is 5.97 Å². The minimum atomic E-state index is -0.430. The molecule has 0 aliphatic carbocycles. The minimum Gasteiger partial charge on any atom is -0.493 e. The molecule has 1 N–H and O–H groups in total. The molecule has 5 nitrogen and oxygen atoms in total. The Morgan fingerprint density at radius 2 is 1.86 bits per heavy atom. The number of hydrogen-bond acceptors (Lipinski definition) is 4. The highest BCUT2D eigenvalue weighted by molar-refractivity contribution is 5.91. The molecule has 0 aliphatic heterocycles. The maximum Gasteiger partial charge on any atom is 0.343 e. The van der Waals surface area contributed by atoms with Crippen molar-refractivity contribution in [2.45, 2.75) is 0 Å². The second kappa shape index (κ2) is 6.13. The molecular weight excluding hydrogens is 280 g/mol. The van der Waals surface area contributed by atoms with Gasteiger partial charge in [-0.05, 0) is 36.4 Å². The second-order valence-corrected chi connectivity index (χ2v) is 4.59. The number of aromatic amines is 1. The van der Waals surface area contributed by atoms with Crippen molar-refractivity contribution in [2.24, 2.45) is 0 Å². The van der Waals surface area contributed by atoms with Gasteiger partial charge in [0.25, 0.3) is 0 Å². The van der Waals surface area contributed by atoms with Gasteiger partial charge in [0.2, 0.25) is 0 Å². The van der Waals surface area contributed by atoms with Crippen LogP contribution in [0.2, 0.25) is 0 Å². The lowest BCUT2D eigenvalue weighted by Gasteiger charge is -2.10. The molecule has 1 aromatic heterocycles. The zero-order valence-corrected chi connectivity index (χ0v) is 11.9. The Kier molecular flexibility index (Phi) is 3.87. The molecule has 3 aromatic rings. The van der Waals surface area contributed by atoms with Crippen LogP contribution >= 0.6 is 0 Å². The highest BCUT2D eigenvalue weighted by Crippen LogP contribution is 2.32. The first-order chi connectivity index (χ1) is 10.8. The van der Waals surface area contributed by atoms with Crippen molar-refractivity contribution in [2.75, 3.05) is 7.11 Å². The smallest absolute Gasteiger partial charge is 0.343 e. The summed E-state index contributed by atoms with van der Waals surface area (Å²) >= 11 is 0. The fraction of sp³-hybridized carbons (Fsp3) is 0.0588. The summed E-state index contributed by atoms with van der Waals surface area (Å²) in [6.45, 7) is 0. The molecule has 3 rings (SSSR count). The third-order valence-corrected chi connectivity index (χ3v) is 3.19. The molecule has 0 aliphatic rings. The summed E-state index contributed by atoms with van der Waals surface area (Å²) in [5.74, 6) is 0.427. The maximum atomic E-state index is 12.2. The molecule has 0 unspecified atom stereocenters. The van der Waals surface area contributed by atoms with E-state index in [2.05, 4.69) is 10.2 Å². The predicted octanol–water partition coefficient (Wildman–Crippen LogP) is 3.30. The number of nitrogens with one attached hydrogen (secondary N) is 1. The molecule has 5 heteroatoms. The van der Waals surface area contributed by atoms with E-state index >= 15 is 0 Å². The van der Waals surface area contributed by atoms with Crippen molar-refractivity contribution in [3.63, 3.8) is 0 Å². The first kappa shape index (κ1) is 13.9. The minimum absolute atomic E-state index is 0.364. The molecule has 110 valence electrons. The normalized spacial score (nSPS) is 10.2. The first-order valence-corrected chi connectivity index (χ1v) is 6.73. The molecule has 22 heavy (non-hydrogen) atoms. The number of aromatic nitrogens is 2. The van der Waals surface area contributed by atoms with Crippen LogP contribution in [0.4, 0.5) is 0 Å². The number of nitrogens with zero attached hydrogens (tertiary/aromatic N) is 1. The quantitative estimate of drug-likeness (QED) is 0.592. The number of methoxy groups -OCH3 is 1. The van der Waals surface area contributed by atoms with Crippen molar-refractivity contribution < 1.29 is 14.3 Å². The van der Waals surface area contributed by atoms with E-state index in [4.69, 9.17) is 9.47 Å². The van der Waals surface area contributed by atoms with Crippen molar-refractivity contribution in [3.05, 3.63) is 66.4 Å². The SMILES string of the molecule is COc1ccc(-c2ccn[nH]2)cc1OC(=O)c1ccccc1. The van der Waals surface area contributed by atoms with Crippen LogP contribution in [-0.4, -0.2) is 23.3 Å². The summed E-state index contributed by atoms with van der Waals surface area (Å²) in [7, 11) is 1.53. The number of esters is 1. The highest BCUT2D eigenvalue weighted by Gasteiger charge is 2.13. The van der Waals surface area contributed by atoms with Crippen molar-refractivity contribution in [1.82, 2.24) is 10.2 Å². The molecule has 0 amide bonds. The van der Waals surface area contributed by atoms with Gasteiger partial charge in [-0.15, -0.1) is 0 Å². The molecule has 0 fully saturated rings. The topological polar surface area (TPSA) is 64.2 Å². The van der Waals surface area contributed by atoms with Crippen molar-refractivity contribution in [3.8, 4) is 22.8 Å². The number of benzene rings is 2. The van der Waals surface area contributed by atoms with Gasteiger partial charge in [-0.25, -0.2) is 4.79 Å². The average molecular weight is 294 g/mol. The van der Waals surface area contributed by atoms with Gasteiger partial charge in [-0.1, -0.05) is 18.2 Å². The van der Waals surface area contributed by atoms with E-state index in [-0.39, 0.29) is 0 Å². The summed E-state index contributed by atoms with van der Waals surface area (Å²) in [5, 5.41) is 6.79. The van der Waals surface area contributed by atoms with Crippen LogP contribution in [0, 0.1) is 0 Å². The van der Waals surface area contributed by atoms with Gasteiger partial charge in [0.15, 0.2) is 11.5 Å². The third-order valence-electron chi connectivity index (χ3n) is 3.19. The molecule has 0 radical (unpaired) electrons. The van der Waals surface area contributed by atoms with Gasteiger partial charge in [-0.2, -0.15) is 5.10 Å². The summed E-state index contributed by atoms with van der Waals surface area (Å²) in [6, 6.07) is 16.0. The van der Waals surface area contributed by atoms with Gasteiger partial charge in [0, 0.05) is 11.8 Å². The fourth-order valence-corrected chi connectivity index (χ4v) is 2.07. The van der Waals surface area contributed by atoms with Crippen LogP contribution in [-0.2, 0) is 0 Å². The van der Waals surface area contributed by atoms with E-state index in [1.54, 1.807) is 42.6 Å². The number of H-pyrrole nitrogens is 1. The standard InChI is InChI=1S/C17H14N2O3/c1-21-15-8-7-13(14-9-10-18-19-14)11-16(15)22-17(20)12-5-3-2-4-6-12/h2-11H,1H3,(H,18,19). The molecule has 0 saturated carbocycles. The maximum absolute atomic E-state index is 12.2. The summed E-state index contributed by atoms with van der Waals surface area (Å²) < 4.78 is 10.7. The number of carbonyl (C=O) groups is 1. The van der Waals surface area contributed by atoms with Crippen LogP contribution in [0.5, 0.6) is 11.5 Å². The summed E-state index contributed by atoms with van der Waals surface area (Å²) in [6.07, 6.45) is 1.66. The van der Waals surface area contributed by atoms with E-state index in [1.165, 1.54) is 7.11 Å². The van der Waals surface area contributed by atoms with E-state index in [1.807, 2.05) is 18.2 Å². The van der Waals surface area contributed by atoms with Crippen LogP contribution in [0.15, 0.2) is 60.8 Å². The predicted molar refractivity (Wildman–Crippen MR) is 82.0 cm³/mol. The zero-order chi connectivity index (χ0) is 15.4. The van der Waals surface area contributed by atoms with Crippen LogP contribution in [0.25, 0.3) is 11.3 Å². The summed E-state index contributed by atoms with van der Waals surface area (Å²) in [5.41, 5.74) is 2.17. The Morgan fingerprint density at radius 3 is 2.55 bits per heavy atom. The fourth-order valence-electron chi connectivity index (χ4n) is 2.07. The lowest BCUT2D eigenvalue weighted by Crippen LogP contribution is -2.09. The Bertz CT molecular complexity index is 768. The molecule has 0 spiro atoms. The van der Waals surface area contributed by atoms with Crippen LogP contribution in [0.1, 0.15) is 10.4 Å². The Hall–Kier alpha value is -3.08. The van der Waals surface area contributed by atoms with Gasteiger partial charge in [-0.3, -0.25) is 5.10 Å². The molecular formula is C17H14N2O3. The molecule has 1 heterocycles. The largest absolute Gasteiger partial charge is 0.493 e.